The van der Waals surface area contributed by atoms with Gasteiger partial charge in [-0.25, -0.2) is 13.4 Å². The Balaban J connectivity index is 1.36. The maximum atomic E-state index is 12.9. The van der Waals surface area contributed by atoms with Crippen LogP contribution in [0.5, 0.6) is 5.75 Å². The summed E-state index contributed by atoms with van der Waals surface area (Å²) in [7, 11) is 0.0156. The van der Waals surface area contributed by atoms with Crippen molar-refractivity contribution in [2.45, 2.75) is 50.0 Å². The summed E-state index contributed by atoms with van der Waals surface area (Å²) in [6, 6.07) is 6.47. The number of hydrogen-bond acceptors (Lipinski definition) is 5. The van der Waals surface area contributed by atoms with Crippen molar-refractivity contribution in [3.63, 3.8) is 0 Å². The van der Waals surface area contributed by atoms with Crippen molar-refractivity contribution < 1.29 is 13.2 Å². The quantitative estimate of drug-likeness (QED) is 0.654. The summed E-state index contributed by atoms with van der Waals surface area (Å²) in [4.78, 5) is 4.06. The second-order valence-electron chi connectivity index (χ2n) is 9.44. The lowest BCUT2D eigenvalue weighted by Gasteiger charge is -2.36. The van der Waals surface area contributed by atoms with E-state index >= 15 is 0 Å². The molecule has 176 valence electrons. The molecule has 2 N–H and O–H groups in total. The fourth-order valence-corrected chi connectivity index (χ4v) is 6.95. The molecule has 8 heteroatoms. The van der Waals surface area contributed by atoms with Crippen molar-refractivity contribution in [1.29, 1.82) is 0 Å². The highest BCUT2D eigenvalue weighted by atomic mass is 32.2. The minimum Gasteiger partial charge on any atom is -0.497 e. The normalized spacial score (nSPS) is 21.3. The molecular formula is C24H36N4O3S. The average Bonchev–Trinajstić information content (AvgIpc) is 3.25. The summed E-state index contributed by atoms with van der Waals surface area (Å²) in [6.07, 6.45) is 10.5. The third-order valence-electron chi connectivity index (χ3n) is 7.38. The lowest BCUT2D eigenvalue weighted by atomic mass is 9.72. The van der Waals surface area contributed by atoms with E-state index in [2.05, 4.69) is 23.2 Å². The predicted octanol–water partition coefficient (Wildman–Crippen LogP) is 2.99. The van der Waals surface area contributed by atoms with Crippen molar-refractivity contribution in [2.75, 3.05) is 26.7 Å². The van der Waals surface area contributed by atoms with Gasteiger partial charge in [0.2, 0.25) is 0 Å². The second kappa shape index (κ2) is 9.93. The highest BCUT2D eigenvalue weighted by Gasteiger charge is 2.33. The number of rotatable bonds is 8. The topological polar surface area (TPSA) is 90.5 Å². The molecule has 2 heterocycles. The molecule has 0 amide bonds. The van der Waals surface area contributed by atoms with E-state index in [1.54, 1.807) is 29.2 Å². The molecule has 1 aromatic carbocycles. The largest absolute Gasteiger partial charge is 0.497 e. The zero-order valence-electron chi connectivity index (χ0n) is 19.2. The van der Waals surface area contributed by atoms with E-state index in [-0.39, 0.29) is 5.03 Å². The van der Waals surface area contributed by atoms with Gasteiger partial charge >= 0.3 is 0 Å². The van der Waals surface area contributed by atoms with Gasteiger partial charge in [0, 0.05) is 26.3 Å². The predicted molar refractivity (Wildman–Crippen MR) is 125 cm³/mol. The molecule has 1 saturated heterocycles. The molecular weight excluding hydrogens is 424 g/mol. The Morgan fingerprint density at radius 1 is 1.22 bits per heavy atom. The van der Waals surface area contributed by atoms with Crippen LogP contribution in [0, 0.1) is 17.8 Å². The molecule has 1 aliphatic heterocycles. The first kappa shape index (κ1) is 23.3. The maximum absolute atomic E-state index is 12.9. The maximum Gasteiger partial charge on any atom is 0.262 e. The van der Waals surface area contributed by atoms with Crippen LogP contribution in [0.4, 0.5) is 0 Å². The van der Waals surface area contributed by atoms with Gasteiger partial charge in [-0.15, -0.1) is 0 Å². The monoisotopic (exact) mass is 460 g/mol. The van der Waals surface area contributed by atoms with Crippen molar-refractivity contribution >= 4 is 10.0 Å². The number of fused-ring (bicyclic) bond motifs is 1. The Morgan fingerprint density at radius 2 is 2.00 bits per heavy atom. The molecule has 0 radical (unpaired) electrons. The van der Waals surface area contributed by atoms with Gasteiger partial charge in [-0.3, -0.25) is 0 Å². The number of nitrogens with two attached hydrogens (primary N) is 1. The molecule has 2 atom stereocenters. The van der Waals surface area contributed by atoms with Crippen LogP contribution in [0.1, 0.15) is 43.2 Å². The van der Waals surface area contributed by atoms with Gasteiger partial charge in [0.15, 0.2) is 5.03 Å². The summed E-state index contributed by atoms with van der Waals surface area (Å²) in [6.45, 7) is 1.86. The van der Waals surface area contributed by atoms with E-state index in [9.17, 15) is 8.42 Å². The number of imidazole rings is 1. The van der Waals surface area contributed by atoms with E-state index in [0.29, 0.717) is 37.4 Å². The van der Waals surface area contributed by atoms with Crippen molar-refractivity contribution in [1.82, 2.24) is 13.9 Å². The molecule has 1 aromatic heterocycles. The Bertz CT molecular complexity index is 1010. The van der Waals surface area contributed by atoms with Crippen LogP contribution in [0.15, 0.2) is 35.7 Å². The molecule has 4 rings (SSSR count). The van der Waals surface area contributed by atoms with E-state index in [0.717, 1.165) is 44.3 Å². The zero-order chi connectivity index (χ0) is 22.7. The number of benzene rings is 1. The lowest BCUT2D eigenvalue weighted by molar-refractivity contribution is 0.187. The minimum absolute atomic E-state index is 0.150. The van der Waals surface area contributed by atoms with E-state index in [1.165, 1.54) is 23.9 Å². The van der Waals surface area contributed by atoms with E-state index < -0.39 is 10.0 Å². The molecule has 0 spiro atoms. The molecule has 0 bridgehead atoms. The third kappa shape index (κ3) is 5.02. The van der Waals surface area contributed by atoms with Gasteiger partial charge in [0.25, 0.3) is 10.0 Å². The molecule has 2 unspecified atom stereocenters. The van der Waals surface area contributed by atoms with Crippen LogP contribution in [-0.4, -0.2) is 49.0 Å². The van der Waals surface area contributed by atoms with Gasteiger partial charge < -0.3 is 15.0 Å². The molecule has 0 saturated carbocycles. The zero-order valence-corrected chi connectivity index (χ0v) is 20.1. The summed E-state index contributed by atoms with van der Waals surface area (Å²) in [5, 5.41) is 0.150. The SMILES string of the molecule is COc1ccc2c(c1)CCC(C(CCN)CC1CCN(S(=O)(=O)c3cn(C)cn3)CC1)C2. The van der Waals surface area contributed by atoms with Crippen LogP contribution in [-0.2, 0) is 29.9 Å². The number of aryl methyl sites for hydroxylation is 2. The van der Waals surface area contributed by atoms with Crippen LogP contribution in [0.2, 0.25) is 0 Å². The van der Waals surface area contributed by atoms with Gasteiger partial charge in [0.1, 0.15) is 5.75 Å². The van der Waals surface area contributed by atoms with Gasteiger partial charge in [-0.05, 0) is 92.5 Å². The third-order valence-corrected chi connectivity index (χ3v) is 9.16. The number of aromatic nitrogens is 2. The van der Waals surface area contributed by atoms with Crippen LogP contribution in [0.3, 0.4) is 0 Å². The van der Waals surface area contributed by atoms with Crippen LogP contribution >= 0.6 is 0 Å². The first-order valence-electron chi connectivity index (χ1n) is 11.7. The second-order valence-corrected chi connectivity index (χ2v) is 11.3. The number of piperidine rings is 1. The number of hydrogen-bond donors (Lipinski definition) is 1. The summed E-state index contributed by atoms with van der Waals surface area (Å²) in [5.41, 5.74) is 8.87. The highest BCUT2D eigenvalue weighted by molar-refractivity contribution is 7.89. The summed E-state index contributed by atoms with van der Waals surface area (Å²) >= 11 is 0. The lowest BCUT2D eigenvalue weighted by Crippen LogP contribution is -2.39. The van der Waals surface area contributed by atoms with Gasteiger partial charge in [-0.1, -0.05) is 6.07 Å². The van der Waals surface area contributed by atoms with E-state index in [1.807, 2.05) is 0 Å². The Labute approximate surface area is 192 Å². The minimum atomic E-state index is -3.49. The highest BCUT2D eigenvalue weighted by Crippen LogP contribution is 2.38. The Kier molecular flexibility index (Phi) is 7.22. The van der Waals surface area contributed by atoms with Crippen molar-refractivity contribution in [3.8, 4) is 5.75 Å². The van der Waals surface area contributed by atoms with Crippen molar-refractivity contribution in [2.24, 2.45) is 30.5 Å². The Hall–Kier alpha value is -1.90. The standard InChI is InChI=1S/C24H36N4O3S/c1-27-16-24(26-17-27)32(29,30)28-11-8-18(9-12-28)13-22(7-10-25)19-3-4-21-15-23(31-2)6-5-20(21)14-19/h5-6,15-19,22H,3-4,7-14,25H2,1-2H3. The van der Waals surface area contributed by atoms with Gasteiger partial charge in [-0.2, -0.15) is 4.31 Å². The summed E-state index contributed by atoms with van der Waals surface area (Å²) in [5.74, 6) is 2.74. The van der Waals surface area contributed by atoms with Crippen molar-refractivity contribution in [3.05, 3.63) is 41.9 Å². The number of ether oxygens (including phenoxy) is 1. The molecule has 1 fully saturated rings. The fourth-order valence-electron chi connectivity index (χ4n) is 5.52. The molecule has 1 aliphatic carbocycles. The molecule has 32 heavy (non-hydrogen) atoms. The number of nitrogens with zero attached hydrogens (tertiary/aromatic N) is 3. The first-order chi connectivity index (χ1) is 15.4. The Morgan fingerprint density at radius 3 is 2.66 bits per heavy atom. The smallest absolute Gasteiger partial charge is 0.262 e. The molecule has 2 aliphatic rings. The molecule has 7 nitrogen and oxygen atoms in total. The van der Waals surface area contributed by atoms with Crippen LogP contribution < -0.4 is 10.5 Å². The number of sulfonamides is 1. The van der Waals surface area contributed by atoms with E-state index in [4.69, 9.17) is 10.5 Å². The number of methoxy groups -OCH3 is 1. The summed E-state index contributed by atoms with van der Waals surface area (Å²) < 4.78 is 34.4. The van der Waals surface area contributed by atoms with Crippen LogP contribution in [0.25, 0.3) is 0 Å². The first-order valence-corrected chi connectivity index (χ1v) is 13.2. The fraction of sp³-hybridized carbons (Fsp3) is 0.625. The average molecular weight is 461 g/mol. The molecule has 2 aromatic rings. The van der Waals surface area contributed by atoms with Gasteiger partial charge in [0.05, 0.1) is 13.4 Å².